The Kier molecular flexibility index (Phi) is 6.02. The number of sulfone groups is 2. The maximum atomic E-state index is 13.4. The number of nitrogens with zero attached hydrogens (tertiary/aromatic N) is 2. The molecule has 0 radical (unpaired) electrons. The molecule has 9 heteroatoms. The van der Waals surface area contributed by atoms with Crippen LogP contribution in [-0.4, -0.2) is 77.8 Å². The van der Waals surface area contributed by atoms with Crippen molar-refractivity contribution in [1.29, 1.82) is 0 Å². The molecule has 2 fully saturated rings. The number of hydrogen-bond acceptors (Lipinski definition) is 7. The van der Waals surface area contributed by atoms with E-state index in [1.165, 1.54) is 24.8 Å². The molecule has 2 atom stereocenters. The summed E-state index contributed by atoms with van der Waals surface area (Å²) in [5.41, 5.74) is 2.33. The smallest absolute Gasteiger partial charge is 0.183 e. The molecule has 2 aliphatic heterocycles. The highest BCUT2D eigenvalue weighted by atomic mass is 32.2. The van der Waals surface area contributed by atoms with E-state index in [4.69, 9.17) is 4.74 Å². The third kappa shape index (κ3) is 4.58. The first-order valence-electron chi connectivity index (χ1n) is 10.3. The lowest BCUT2D eigenvalue weighted by Gasteiger charge is -2.40. The molecule has 168 valence electrons. The molecule has 0 amide bonds. The van der Waals surface area contributed by atoms with Crippen molar-refractivity contribution < 1.29 is 21.6 Å². The second-order valence-corrected chi connectivity index (χ2v) is 12.6. The summed E-state index contributed by atoms with van der Waals surface area (Å²) in [4.78, 5) is 4.45. The number of piperazine rings is 1. The first-order chi connectivity index (χ1) is 14.7. The van der Waals surface area contributed by atoms with Gasteiger partial charge in [-0.05, 0) is 48.9 Å². The van der Waals surface area contributed by atoms with Gasteiger partial charge in [0.15, 0.2) is 19.7 Å². The van der Waals surface area contributed by atoms with Crippen molar-refractivity contribution in [3.63, 3.8) is 0 Å². The maximum Gasteiger partial charge on any atom is 0.183 e. The van der Waals surface area contributed by atoms with Gasteiger partial charge in [-0.15, -0.1) is 0 Å². The highest BCUT2D eigenvalue weighted by molar-refractivity contribution is 7.96. The van der Waals surface area contributed by atoms with E-state index < -0.39 is 31.0 Å². The molecule has 0 aliphatic carbocycles. The fraction of sp³-hybridized carbons (Fsp3) is 0.455. The third-order valence-electron chi connectivity index (χ3n) is 6.21. The van der Waals surface area contributed by atoms with E-state index >= 15 is 0 Å². The van der Waals surface area contributed by atoms with Gasteiger partial charge in [-0.1, -0.05) is 12.1 Å². The van der Waals surface area contributed by atoms with Gasteiger partial charge in [-0.3, -0.25) is 4.90 Å². The van der Waals surface area contributed by atoms with Crippen molar-refractivity contribution in [2.45, 2.75) is 23.1 Å². The van der Waals surface area contributed by atoms with Crippen molar-refractivity contribution in [2.24, 2.45) is 0 Å². The minimum atomic E-state index is -3.79. The van der Waals surface area contributed by atoms with Gasteiger partial charge in [0, 0.05) is 37.9 Å². The van der Waals surface area contributed by atoms with Gasteiger partial charge >= 0.3 is 0 Å². The number of anilines is 1. The van der Waals surface area contributed by atoms with Crippen LogP contribution in [0.2, 0.25) is 0 Å². The van der Waals surface area contributed by atoms with Gasteiger partial charge in [0.25, 0.3) is 0 Å². The van der Waals surface area contributed by atoms with Crippen molar-refractivity contribution in [3.8, 4) is 5.75 Å². The molecule has 0 saturated carbocycles. The zero-order valence-electron chi connectivity index (χ0n) is 17.8. The Balaban J connectivity index is 1.54. The lowest BCUT2D eigenvalue weighted by Crippen LogP contribution is -2.55. The Morgan fingerprint density at radius 2 is 1.65 bits per heavy atom. The van der Waals surface area contributed by atoms with Gasteiger partial charge in [-0.2, -0.15) is 0 Å². The average Bonchev–Trinajstić information content (AvgIpc) is 3.10. The monoisotopic (exact) mass is 464 g/mol. The van der Waals surface area contributed by atoms with Crippen molar-refractivity contribution in [1.82, 2.24) is 4.90 Å². The standard InChI is InChI=1S/C22H28N2O5S2/c1-17-4-3-5-18(14-17)23-10-12-24(13-11-23)21-15-30(25,26)16-22(21)31(27,28)20-8-6-19(29-2)7-9-20/h3-9,14,21-22H,10-13,15-16H2,1-2H3/t21-,22-/m1/s1. The van der Waals surface area contributed by atoms with E-state index in [0.717, 1.165) is 18.8 Å². The highest BCUT2D eigenvalue weighted by Crippen LogP contribution is 2.31. The molecule has 2 aliphatic rings. The fourth-order valence-corrected chi connectivity index (χ4v) is 9.34. The summed E-state index contributed by atoms with van der Waals surface area (Å²) >= 11 is 0. The molecule has 0 bridgehead atoms. The number of aryl methyl sites for hydroxylation is 1. The molecule has 0 unspecified atom stereocenters. The predicted octanol–water partition coefficient (Wildman–Crippen LogP) is 1.77. The molecule has 0 aromatic heterocycles. The Hall–Kier alpha value is -2.10. The van der Waals surface area contributed by atoms with Crippen molar-refractivity contribution >= 4 is 25.4 Å². The topological polar surface area (TPSA) is 84.0 Å². The van der Waals surface area contributed by atoms with E-state index in [1.807, 2.05) is 11.0 Å². The second kappa shape index (κ2) is 8.44. The summed E-state index contributed by atoms with van der Waals surface area (Å²) < 4.78 is 56.8. The Bertz CT molecular complexity index is 1140. The summed E-state index contributed by atoms with van der Waals surface area (Å²) in [5, 5.41) is -0.962. The van der Waals surface area contributed by atoms with E-state index in [1.54, 1.807) is 12.1 Å². The molecule has 7 nitrogen and oxygen atoms in total. The van der Waals surface area contributed by atoms with Crippen LogP contribution < -0.4 is 9.64 Å². The van der Waals surface area contributed by atoms with Crippen LogP contribution in [0.3, 0.4) is 0 Å². The van der Waals surface area contributed by atoms with E-state index in [2.05, 4.69) is 30.0 Å². The molecule has 0 N–H and O–H groups in total. The second-order valence-electron chi connectivity index (χ2n) is 8.27. The molecular formula is C22H28N2O5S2. The molecule has 2 saturated heterocycles. The Morgan fingerprint density at radius 3 is 2.26 bits per heavy atom. The van der Waals surface area contributed by atoms with Crippen molar-refractivity contribution in [3.05, 3.63) is 54.1 Å². The summed E-state index contributed by atoms with van der Waals surface area (Å²) in [6, 6.07) is 13.9. The largest absolute Gasteiger partial charge is 0.497 e. The molecule has 2 aromatic carbocycles. The Labute approximate surface area is 184 Å². The van der Waals surface area contributed by atoms with Gasteiger partial charge in [0.05, 0.1) is 28.8 Å². The van der Waals surface area contributed by atoms with Crippen LogP contribution in [0.5, 0.6) is 5.75 Å². The van der Waals surface area contributed by atoms with Gasteiger partial charge in [-0.25, -0.2) is 16.8 Å². The van der Waals surface area contributed by atoms with Gasteiger partial charge in [0.2, 0.25) is 0 Å². The highest BCUT2D eigenvalue weighted by Gasteiger charge is 2.48. The van der Waals surface area contributed by atoms with Gasteiger partial charge < -0.3 is 9.64 Å². The SMILES string of the molecule is COc1ccc(S(=O)(=O)[C@@H]2CS(=O)(=O)C[C@H]2N2CCN(c3cccc(C)c3)CC2)cc1. The molecular weight excluding hydrogens is 436 g/mol. The zero-order chi connectivity index (χ0) is 22.2. The minimum absolute atomic E-state index is 0.114. The van der Waals surface area contributed by atoms with Crippen LogP contribution in [-0.2, 0) is 19.7 Å². The van der Waals surface area contributed by atoms with E-state index in [0.29, 0.717) is 18.8 Å². The first-order valence-corrected chi connectivity index (χ1v) is 13.7. The average molecular weight is 465 g/mol. The van der Waals surface area contributed by atoms with Crippen LogP contribution in [0.25, 0.3) is 0 Å². The number of benzene rings is 2. The first kappa shape index (κ1) is 22.1. The summed E-state index contributed by atoms with van der Waals surface area (Å²) in [6.45, 7) is 4.77. The van der Waals surface area contributed by atoms with Crippen LogP contribution in [0.1, 0.15) is 5.56 Å². The fourth-order valence-electron chi connectivity index (χ4n) is 4.51. The summed E-state index contributed by atoms with van der Waals surface area (Å²) in [6.07, 6.45) is 0. The predicted molar refractivity (Wildman–Crippen MR) is 121 cm³/mol. The lowest BCUT2D eigenvalue weighted by molar-refractivity contribution is 0.201. The van der Waals surface area contributed by atoms with Crippen LogP contribution >= 0.6 is 0 Å². The number of rotatable bonds is 5. The number of ether oxygens (including phenoxy) is 1. The van der Waals surface area contributed by atoms with Crippen LogP contribution in [0, 0.1) is 6.92 Å². The Morgan fingerprint density at radius 1 is 0.968 bits per heavy atom. The molecule has 2 aromatic rings. The van der Waals surface area contributed by atoms with E-state index in [9.17, 15) is 16.8 Å². The minimum Gasteiger partial charge on any atom is -0.497 e. The van der Waals surface area contributed by atoms with Crippen LogP contribution in [0.15, 0.2) is 53.4 Å². The van der Waals surface area contributed by atoms with Crippen molar-refractivity contribution in [2.75, 3.05) is 49.7 Å². The quantitative estimate of drug-likeness (QED) is 0.667. The lowest BCUT2D eigenvalue weighted by atomic mass is 10.1. The van der Waals surface area contributed by atoms with Crippen LogP contribution in [0.4, 0.5) is 5.69 Å². The molecule has 4 rings (SSSR count). The third-order valence-corrected chi connectivity index (χ3v) is 10.3. The molecule has 31 heavy (non-hydrogen) atoms. The maximum absolute atomic E-state index is 13.4. The summed E-state index contributed by atoms with van der Waals surface area (Å²) in [7, 11) is -5.71. The van der Waals surface area contributed by atoms with E-state index in [-0.39, 0.29) is 16.4 Å². The van der Waals surface area contributed by atoms with Gasteiger partial charge in [0.1, 0.15) is 5.75 Å². The zero-order valence-corrected chi connectivity index (χ0v) is 19.4. The molecule has 0 spiro atoms. The number of hydrogen-bond donors (Lipinski definition) is 0. The number of methoxy groups -OCH3 is 1. The normalized spacial score (nSPS) is 24.3. The summed E-state index contributed by atoms with van der Waals surface area (Å²) in [5.74, 6) is 0.114. The molecule has 2 heterocycles.